The number of thioether (sulfide) groups is 1. The zero-order valence-corrected chi connectivity index (χ0v) is 19.2. The van der Waals surface area contributed by atoms with E-state index in [9.17, 15) is 14.4 Å². The summed E-state index contributed by atoms with van der Waals surface area (Å²) in [6.07, 6.45) is 1.99. The zero-order chi connectivity index (χ0) is 21.7. The SMILES string of the molecule is CC(C)(C)C(=O)COC(=O)c1ccccc1SCC(=O)N1CCC[C@H]1c1cccs1. The van der Waals surface area contributed by atoms with Gasteiger partial charge in [0.1, 0.15) is 0 Å². The second-order valence-corrected chi connectivity index (χ2v) is 10.3. The molecule has 0 unspecified atom stereocenters. The molecule has 1 amide bonds. The molecule has 7 heteroatoms. The Morgan fingerprint density at radius 3 is 2.63 bits per heavy atom. The molecule has 0 bridgehead atoms. The number of amides is 1. The van der Waals surface area contributed by atoms with Gasteiger partial charge in [-0.25, -0.2) is 4.79 Å². The predicted molar refractivity (Wildman–Crippen MR) is 120 cm³/mol. The molecule has 0 spiro atoms. The summed E-state index contributed by atoms with van der Waals surface area (Å²) in [6, 6.07) is 11.3. The third-order valence-corrected chi connectivity index (χ3v) is 7.11. The topological polar surface area (TPSA) is 63.7 Å². The third kappa shape index (κ3) is 5.52. The minimum absolute atomic E-state index is 0.0713. The van der Waals surface area contributed by atoms with Crippen molar-refractivity contribution in [2.45, 2.75) is 44.6 Å². The molecular formula is C23H27NO4S2. The van der Waals surface area contributed by atoms with Crippen molar-refractivity contribution in [1.82, 2.24) is 4.90 Å². The summed E-state index contributed by atoms with van der Waals surface area (Å²) in [5, 5.41) is 2.04. The number of esters is 1. The Hall–Kier alpha value is -2.12. The highest BCUT2D eigenvalue weighted by molar-refractivity contribution is 8.00. The van der Waals surface area contributed by atoms with E-state index in [4.69, 9.17) is 4.74 Å². The first-order valence-corrected chi connectivity index (χ1v) is 11.9. The van der Waals surface area contributed by atoms with Crippen molar-refractivity contribution in [1.29, 1.82) is 0 Å². The molecule has 0 radical (unpaired) electrons. The Labute approximate surface area is 185 Å². The molecule has 2 heterocycles. The second-order valence-electron chi connectivity index (χ2n) is 8.29. The minimum Gasteiger partial charge on any atom is -0.454 e. The maximum absolute atomic E-state index is 12.9. The van der Waals surface area contributed by atoms with Crippen LogP contribution in [-0.4, -0.2) is 41.5 Å². The number of benzene rings is 1. The summed E-state index contributed by atoms with van der Waals surface area (Å²) in [5.74, 6) is -0.347. The Morgan fingerprint density at radius 1 is 1.17 bits per heavy atom. The van der Waals surface area contributed by atoms with Crippen LogP contribution in [0.25, 0.3) is 0 Å². The molecule has 5 nitrogen and oxygen atoms in total. The van der Waals surface area contributed by atoms with Gasteiger partial charge in [-0.2, -0.15) is 0 Å². The Kier molecular flexibility index (Phi) is 7.36. The van der Waals surface area contributed by atoms with Crippen molar-refractivity contribution in [3.63, 3.8) is 0 Å². The number of ketones is 1. The van der Waals surface area contributed by atoms with E-state index < -0.39 is 11.4 Å². The van der Waals surface area contributed by atoms with Crippen LogP contribution in [0.2, 0.25) is 0 Å². The number of likely N-dealkylation sites (tertiary alicyclic amines) is 1. The molecule has 30 heavy (non-hydrogen) atoms. The quantitative estimate of drug-likeness (QED) is 0.444. The van der Waals surface area contributed by atoms with Gasteiger partial charge in [-0.15, -0.1) is 23.1 Å². The van der Waals surface area contributed by atoms with Crippen LogP contribution < -0.4 is 0 Å². The molecule has 1 saturated heterocycles. The number of Topliss-reactive ketones (excluding diaryl/α,β-unsaturated/α-hetero) is 1. The van der Waals surface area contributed by atoms with Crippen LogP contribution in [0.5, 0.6) is 0 Å². The zero-order valence-electron chi connectivity index (χ0n) is 17.6. The van der Waals surface area contributed by atoms with E-state index in [1.165, 1.54) is 16.6 Å². The van der Waals surface area contributed by atoms with Crippen molar-refractivity contribution < 1.29 is 19.1 Å². The molecule has 1 aliphatic heterocycles. The molecule has 1 atom stereocenters. The van der Waals surface area contributed by atoms with Crippen molar-refractivity contribution in [2.24, 2.45) is 5.41 Å². The van der Waals surface area contributed by atoms with E-state index in [1.54, 1.807) is 50.3 Å². The summed E-state index contributed by atoms with van der Waals surface area (Å²) < 4.78 is 5.23. The molecule has 0 N–H and O–H groups in total. The van der Waals surface area contributed by atoms with Gasteiger partial charge < -0.3 is 9.64 Å². The second kappa shape index (κ2) is 9.79. The molecule has 3 rings (SSSR count). The average molecular weight is 446 g/mol. The first-order chi connectivity index (χ1) is 14.3. The Morgan fingerprint density at radius 2 is 1.93 bits per heavy atom. The third-order valence-electron chi connectivity index (χ3n) is 5.07. The van der Waals surface area contributed by atoms with Crippen molar-refractivity contribution in [3.05, 3.63) is 52.2 Å². The van der Waals surface area contributed by atoms with E-state index in [-0.39, 0.29) is 30.1 Å². The lowest BCUT2D eigenvalue weighted by atomic mass is 9.91. The fourth-order valence-electron chi connectivity index (χ4n) is 3.25. The predicted octanol–water partition coefficient (Wildman–Crippen LogP) is 4.98. The monoisotopic (exact) mass is 445 g/mol. The molecule has 0 aliphatic carbocycles. The van der Waals surface area contributed by atoms with Crippen molar-refractivity contribution in [2.75, 3.05) is 18.9 Å². The fraction of sp³-hybridized carbons (Fsp3) is 0.435. The minimum atomic E-state index is -0.560. The normalized spacial score (nSPS) is 16.5. The van der Waals surface area contributed by atoms with Crippen LogP contribution in [0.4, 0.5) is 0 Å². The summed E-state index contributed by atoms with van der Waals surface area (Å²) in [4.78, 5) is 41.3. The Bertz CT molecular complexity index is 902. The van der Waals surface area contributed by atoms with Crippen LogP contribution in [-0.2, 0) is 14.3 Å². The van der Waals surface area contributed by atoms with Gasteiger partial charge in [0.05, 0.1) is 17.4 Å². The average Bonchev–Trinajstić information content (AvgIpc) is 3.40. The van der Waals surface area contributed by atoms with Crippen LogP contribution in [0.1, 0.15) is 54.9 Å². The first-order valence-electron chi connectivity index (χ1n) is 10.0. The number of ether oxygens (including phenoxy) is 1. The number of nitrogens with zero attached hydrogens (tertiary/aromatic N) is 1. The number of hydrogen-bond acceptors (Lipinski definition) is 6. The maximum Gasteiger partial charge on any atom is 0.339 e. The van der Waals surface area contributed by atoms with Gasteiger partial charge in [0.25, 0.3) is 0 Å². The lowest BCUT2D eigenvalue weighted by molar-refractivity contribution is -0.130. The molecule has 0 saturated carbocycles. The summed E-state index contributed by atoms with van der Waals surface area (Å²) in [6.45, 7) is 5.89. The number of hydrogen-bond donors (Lipinski definition) is 0. The van der Waals surface area contributed by atoms with Gasteiger partial charge in [-0.1, -0.05) is 39.0 Å². The largest absolute Gasteiger partial charge is 0.454 e. The first kappa shape index (κ1) is 22.6. The van der Waals surface area contributed by atoms with Gasteiger partial charge in [-0.3, -0.25) is 9.59 Å². The summed E-state index contributed by atoms with van der Waals surface area (Å²) in [5.41, 5.74) is -0.177. The number of thiophene rings is 1. The lowest BCUT2D eigenvalue weighted by Crippen LogP contribution is -2.31. The molecule has 1 aromatic carbocycles. The van der Waals surface area contributed by atoms with Crippen LogP contribution >= 0.6 is 23.1 Å². The van der Waals surface area contributed by atoms with Crippen molar-refractivity contribution >= 4 is 40.8 Å². The van der Waals surface area contributed by atoms with Gasteiger partial charge in [0.15, 0.2) is 12.4 Å². The molecule has 160 valence electrons. The summed E-state index contributed by atoms with van der Waals surface area (Å²) >= 11 is 3.02. The summed E-state index contributed by atoms with van der Waals surface area (Å²) in [7, 11) is 0. The van der Waals surface area contributed by atoms with E-state index in [0.717, 1.165) is 19.4 Å². The van der Waals surface area contributed by atoms with Gasteiger partial charge in [0, 0.05) is 21.7 Å². The van der Waals surface area contributed by atoms with E-state index in [0.29, 0.717) is 10.5 Å². The molecular weight excluding hydrogens is 418 g/mol. The van der Waals surface area contributed by atoms with Gasteiger partial charge in [-0.05, 0) is 36.4 Å². The fourth-order valence-corrected chi connectivity index (χ4v) is 5.05. The number of carbonyl (C=O) groups excluding carboxylic acids is 3. The highest BCUT2D eigenvalue weighted by Crippen LogP contribution is 2.35. The molecule has 1 fully saturated rings. The molecule has 2 aromatic rings. The van der Waals surface area contributed by atoms with Gasteiger partial charge in [0.2, 0.25) is 5.91 Å². The van der Waals surface area contributed by atoms with Crippen molar-refractivity contribution in [3.8, 4) is 0 Å². The smallest absolute Gasteiger partial charge is 0.339 e. The highest BCUT2D eigenvalue weighted by atomic mass is 32.2. The van der Waals surface area contributed by atoms with E-state index >= 15 is 0 Å². The highest BCUT2D eigenvalue weighted by Gasteiger charge is 2.30. The van der Waals surface area contributed by atoms with E-state index in [1.807, 2.05) is 22.4 Å². The number of carbonyl (C=O) groups is 3. The van der Waals surface area contributed by atoms with Crippen LogP contribution in [0.15, 0.2) is 46.7 Å². The van der Waals surface area contributed by atoms with Gasteiger partial charge >= 0.3 is 5.97 Å². The standard InChI is InChI=1S/C23H27NO4S2/c1-23(2,3)20(25)14-28-22(27)16-8-4-5-10-18(16)30-15-21(26)24-12-6-9-17(24)19-11-7-13-29-19/h4-5,7-8,10-11,13,17H,6,9,12,14-15H2,1-3H3/t17-/m0/s1. The maximum atomic E-state index is 12.9. The number of rotatable bonds is 7. The molecule has 1 aromatic heterocycles. The van der Waals surface area contributed by atoms with Crippen LogP contribution in [0, 0.1) is 5.41 Å². The Balaban J connectivity index is 1.61. The molecule has 1 aliphatic rings. The van der Waals surface area contributed by atoms with E-state index in [2.05, 4.69) is 6.07 Å². The van der Waals surface area contributed by atoms with Crippen LogP contribution in [0.3, 0.4) is 0 Å². The lowest BCUT2D eigenvalue weighted by Gasteiger charge is -2.24.